The highest BCUT2D eigenvalue weighted by Crippen LogP contribution is 2.47. The number of alkyl halides is 3. The summed E-state index contributed by atoms with van der Waals surface area (Å²) in [5.41, 5.74) is 8.49. The highest BCUT2D eigenvalue weighted by Gasteiger charge is 2.40. The van der Waals surface area contributed by atoms with Gasteiger partial charge in [0.1, 0.15) is 17.2 Å². The Kier molecular flexibility index (Phi) is 8.58. The Balaban J connectivity index is 1.33. The number of halogens is 5. The number of aromatic nitrogens is 2. The molecule has 0 aliphatic carbocycles. The predicted molar refractivity (Wildman–Crippen MR) is 235 cm³/mol. The van der Waals surface area contributed by atoms with Gasteiger partial charge in [0.2, 0.25) is 0 Å². The van der Waals surface area contributed by atoms with Crippen LogP contribution in [0.1, 0.15) is 27.8 Å². The average molecular weight is 797 g/mol. The second kappa shape index (κ2) is 13.8. The molecule has 0 atom stereocenters. The second-order valence-corrected chi connectivity index (χ2v) is 15.8. The summed E-state index contributed by atoms with van der Waals surface area (Å²) in [5.74, 6) is -1.76. The summed E-state index contributed by atoms with van der Waals surface area (Å²) < 4.78 is 84.0. The lowest BCUT2D eigenvalue weighted by Gasteiger charge is -2.23. The molecule has 294 valence electrons. The minimum absolute atomic E-state index is 0.0285. The molecule has 2 nitrogen and oxygen atoms in total. The number of fused-ring (bicyclic) bond motifs is 6. The molecule has 0 saturated heterocycles. The fourth-order valence-electron chi connectivity index (χ4n) is 9.25. The summed E-state index contributed by atoms with van der Waals surface area (Å²) >= 11 is 0. The number of hydrogen-bond donors (Lipinski definition) is 0. The molecule has 2 heterocycles. The fraction of sp³-hybridized carbons (Fsp3) is 0.0943. The minimum atomic E-state index is -4.93. The van der Waals surface area contributed by atoms with Crippen molar-refractivity contribution in [2.24, 2.45) is 0 Å². The van der Waals surface area contributed by atoms with Gasteiger partial charge in [-0.3, -0.25) is 0 Å². The number of nitrogens with zero attached hydrogens (tertiary/aromatic N) is 2. The van der Waals surface area contributed by atoms with Crippen molar-refractivity contribution in [1.82, 2.24) is 9.13 Å². The minimum Gasteiger partial charge on any atom is -0.309 e. The number of hydrogen-bond acceptors (Lipinski definition) is 0. The van der Waals surface area contributed by atoms with Crippen molar-refractivity contribution >= 4 is 43.6 Å². The lowest BCUT2D eigenvalue weighted by Crippen LogP contribution is -2.16. The lowest BCUT2D eigenvalue weighted by atomic mass is 9.97. The second-order valence-electron chi connectivity index (χ2n) is 15.8. The Labute approximate surface area is 343 Å². The first-order valence-electron chi connectivity index (χ1n) is 19.8. The standard InChI is InChI=1S/C53H37F5N2/c1-30-16-20-37(32(3)24-30)34-18-22-47-41(26-34)39-10-5-7-14-45(39)59(47)49-28-36(51-43(54)12-9-13-44(51)55)29-50(52(49)53(56,57)58)60-46-15-8-6-11-40(46)42-27-35(19-23-48(42)60)38-21-17-31(2)25-33(38)4/h5-29H,1-4H3. The van der Waals surface area contributed by atoms with Crippen LogP contribution in [0.15, 0.2) is 152 Å². The number of rotatable bonds is 5. The van der Waals surface area contributed by atoms with E-state index in [1.807, 2.05) is 100 Å². The van der Waals surface area contributed by atoms with E-state index in [2.05, 4.69) is 24.3 Å². The normalized spacial score (nSPS) is 12.1. The fourth-order valence-corrected chi connectivity index (χ4v) is 9.25. The molecule has 8 aromatic carbocycles. The molecule has 0 amide bonds. The Morgan fingerprint density at radius 2 is 0.833 bits per heavy atom. The quantitative estimate of drug-likeness (QED) is 0.154. The molecule has 0 fully saturated rings. The van der Waals surface area contributed by atoms with Crippen molar-refractivity contribution in [2.45, 2.75) is 33.9 Å². The monoisotopic (exact) mass is 796 g/mol. The first-order valence-corrected chi connectivity index (χ1v) is 19.8. The average Bonchev–Trinajstić information content (AvgIpc) is 3.72. The van der Waals surface area contributed by atoms with Crippen LogP contribution in [0.5, 0.6) is 0 Å². The molecule has 0 spiro atoms. The molecular weight excluding hydrogens is 760 g/mol. The Morgan fingerprint density at radius 3 is 1.27 bits per heavy atom. The molecule has 60 heavy (non-hydrogen) atoms. The molecule has 2 aromatic heterocycles. The SMILES string of the molecule is Cc1ccc(-c2ccc3c(c2)c2ccccc2n3-c2cc(-c3c(F)cccc3F)cc(-n3c4ccccc4c4cc(-c5ccc(C)cc5C)ccc43)c2C(F)(F)F)c(C)c1. The van der Waals surface area contributed by atoms with E-state index in [-0.39, 0.29) is 16.9 Å². The summed E-state index contributed by atoms with van der Waals surface area (Å²) in [5, 5.41) is 2.98. The van der Waals surface area contributed by atoms with E-state index >= 15 is 22.0 Å². The van der Waals surface area contributed by atoms with Crippen LogP contribution in [-0.4, -0.2) is 9.13 Å². The van der Waals surface area contributed by atoms with Gasteiger partial charge in [-0.05, 0) is 127 Å². The smallest absolute Gasteiger partial charge is 0.309 e. The highest BCUT2D eigenvalue weighted by atomic mass is 19.4. The summed E-state index contributed by atoms with van der Waals surface area (Å²) in [6, 6.07) is 44.7. The third kappa shape index (κ3) is 5.90. The van der Waals surface area contributed by atoms with Crippen LogP contribution in [0, 0.1) is 39.3 Å². The highest BCUT2D eigenvalue weighted by molar-refractivity contribution is 6.12. The third-order valence-corrected chi connectivity index (χ3v) is 11.8. The predicted octanol–water partition coefficient (Wildman–Crippen LogP) is 15.4. The molecule has 0 N–H and O–H groups in total. The molecular formula is C53H37F5N2. The van der Waals surface area contributed by atoms with Crippen LogP contribution < -0.4 is 0 Å². The topological polar surface area (TPSA) is 9.86 Å². The van der Waals surface area contributed by atoms with Crippen molar-refractivity contribution in [1.29, 1.82) is 0 Å². The van der Waals surface area contributed by atoms with Gasteiger partial charge in [-0.1, -0.05) is 102 Å². The van der Waals surface area contributed by atoms with Gasteiger partial charge in [0.25, 0.3) is 0 Å². The van der Waals surface area contributed by atoms with Gasteiger partial charge in [-0.15, -0.1) is 0 Å². The molecule has 0 bridgehead atoms. The molecule has 0 radical (unpaired) electrons. The van der Waals surface area contributed by atoms with Gasteiger partial charge >= 0.3 is 6.18 Å². The number of aryl methyl sites for hydroxylation is 4. The van der Waals surface area contributed by atoms with Gasteiger partial charge in [0.05, 0.1) is 39.0 Å². The number of benzene rings is 8. The zero-order valence-electron chi connectivity index (χ0n) is 33.2. The van der Waals surface area contributed by atoms with Crippen LogP contribution in [0.3, 0.4) is 0 Å². The van der Waals surface area contributed by atoms with Gasteiger partial charge < -0.3 is 9.13 Å². The molecule has 0 aliphatic heterocycles. The van der Waals surface area contributed by atoms with Gasteiger partial charge in [0.15, 0.2) is 0 Å². The van der Waals surface area contributed by atoms with Crippen molar-refractivity contribution in [2.75, 3.05) is 0 Å². The largest absolute Gasteiger partial charge is 0.420 e. The maximum atomic E-state index is 16.3. The summed E-state index contributed by atoms with van der Waals surface area (Å²) in [7, 11) is 0. The van der Waals surface area contributed by atoms with E-state index in [0.29, 0.717) is 22.1 Å². The van der Waals surface area contributed by atoms with Crippen LogP contribution >= 0.6 is 0 Å². The zero-order chi connectivity index (χ0) is 41.6. The van der Waals surface area contributed by atoms with Crippen molar-refractivity contribution < 1.29 is 22.0 Å². The Hall–Kier alpha value is -6.99. The lowest BCUT2D eigenvalue weighted by molar-refractivity contribution is -0.137. The van der Waals surface area contributed by atoms with E-state index in [4.69, 9.17) is 0 Å². The summed E-state index contributed by atoms with van der Waals surface area (Å²) in [6.45, 7) is 8.15. The molecule has 0 aliphatic rings. The summed E-state index contributed by atoms with van der Waals surface area (Å²) in [6.07, 6.45) is -4.93. The van der Waals surface area contributed by atoms with E-state index in [1.54, 1.807) is 33.4 Å². The van der Waals surface area contributed by atoms with E-state index in [1.165, 1.54) is 18.2 Å². The molecule has 10 rings (SSSR count). The van der Waals surface area contributed by atoms with Gasteiger partial charge in [-0.2, -0.15) is 13.2 Å². The van der Waals surface area contributed by atoms with Crippen LogP contribution in [-0.2, 0) is 6.18 Å². The Morgan fingerprint density at radius 1 is 0.400 bits per heavy atom. The molecule has 0 saturated carbocycles. The van der Waals surface area contributed by atoms with E-state index < -0.39 is 28.9 Å². The van der Waals surface area contributed by atoms with Crippen molar-refractivity contribution in [3.05, 3.63) is 191 Å². The Bertz CT molecular complexity index is 3170. The molecule has 0 unspecified atom stereocenters. The molecule has 7 heteroatoms. The maximum Gasteiger partial charge on any atom is 0.420 e. The van der Waals surface area contributed by atoms with Crippen LogP contribution in [0.4, 0.5) is 22.0 Å². The van der Waals surface area contributed by atoms with Crippen molar-refractivity contribution in [3.8, 4) is 44.8 Å². The van der Waals surface area contributed by atoms with Crippen LogP contribution in [0.2, 0.25) is 0 Å². The summed E-state index contributed by atoms with van der Waals surface area (Å²) in [4.78, 5) is 0. The van der Waals surface area contributed by atoms with E-state index in [0.717, 1.165) is 78.2 Å². The first kappa shape index (κ1) is 37.3. The van der Waals surface area contributed by atoms with Gasteiger partial charge in [0, 0.05) is 21.5 Å². The first-order chi connectivity index (χ1) is 28.9. The number of para-hydroxylation sites is 2. The van der Waals surface area contributed by atoms with Crippen molar-refractivity contribution in [3.63, 3.8) is 0 Å². The van der Waals surface area contributed by atoms with Gasteiger partial charge in [-0.25, -0.2) is 8.78 Å². The zero-order valence-corrected chi connectivity index (χ0v) is 33.2. The molecule has 10 aromatic rings. The van der Waals surface area contributed by atoms with E-state index in [9.17, 15) is 0 Å². The van der Waals surface area contributed by atoms with Crippen LogP contribution in [0.25, 0.3) is 88.4 Å². The third-order valence-electron chi connectivity index (χ3n) is 11.8. The maximum absolute atomic E-state index is 16.3.